The Morgan fingerprint density at radius 3 is 2.39 bits per heavy atom. The number of halogens is 2. The van der Waals surface area contributed by atoms with Crippen molar-refractivity contribution in [3.8, 4) is 0 Å². The van der Waals surface area contributed by atoms with Gasteiger partial charge in [-0.1, -0.05) is 65.7 Å². The molecule has 0 saturated carbocycles. The maximum Gasteiger partial charge on any atom is 0.261 e. The average Bonchev–Trinajstić information content (AvgIpc) is 2.95. The highest BCUT2D eigenvalue weighted by molar-refractivity contribution is 7.92. The average molecular weight is 633 g/mol. The van der Waals surface area contributed by atoms with E-state index in [0.29, 0.717) is 41.3 Å². The Morgan fingerprint density at radius 2 is 1.63 bits per heavy atom. The molecule has 1 unspecified atom stereocenters. The number of nitrogens with zero attached hydrogens (tertiary/aromatic N) is 1. The fourth-order valence-corrected chi connectivity index (χ4v) is 8.09. The number of carbonyl (C=O) groups excluding carboxylic acids is 1. The van der Waals surface area contributed by atoms with Crippen molar-refractivity contribution in [2.45, 2.75) is 23.5 Å². The zero-order chi connectivity index (χ0) is 29.2. The van der Waals surface area contributed by atoms with Crippen LogP contribution in [0.15, 0.2) is 89.8 Å². The summed E-state index contributed by atoms with van der Waals surface area (Å²) in [7, 11) is -7.60. The van der Waals surface area contributed by atoms with Gasteiger partial charge in [-0.05, 0) is 66.3 Å². The summed E-state index contributed by atoms with van der Waals surface area (Å²) in [6, 6.07) is 23.4. The molecule has 12 heteroatoms. The van der Waals surface area contributed by atoms with Gasteiger partial charge in [-0.3, -0.25) is 9.52 Å². The van der Waals surface area contributed by atoms with E-state index in [4.69, 9.17) is 23.2 Å². The lowest BCUT2D eigenvalue weighted by atomic mass is 9.99. The number of nitrogens with one attached hydrogen (secondary N) is 2. The molecule has 41 heavy (non-hydrogen) atoms. The summed E-state index contributed by atoms with van der Waals surface area (Å²) in [6.07, 6.45) is 1.06. The van der Waals surface area contributed by atoms with Crippen molar-refractivity contribution >= 4 is 71.3 Å². The predicted molar refractivity (Wildman–Crippen MR) is 163 cm³/mol. The Labute approximate surface area is 249 Å². The molecule has 1 fully saturated rings. The van der Waals surface area contributed by atoms with Crippen LogP contribution in [0.4, 0.5) is 11.4 Å². The summed E-state index contributed by atoms with van der Waals surface area (Å²) >= 11 is 12.1. The molecule has 1 aliphatic rings. The number of rotatable bonds is 8. The number of hydrogen-bond acceptors (Lipinski definition) is 5. The topological polar surface area (TPSA) is 113 Å². The van der Waals surface area contributed by atoms with Gasteiger partial charge in [0.15, 0.2) is 0 Å². The quantitative estimate of drug-likeness (QED) is 0.243. The van der Waals surface area contributed by atoms with Crippen LogP contribution >= 0.6 is 23.2 Å². The van der Waals surface area contributed by atoms with E-state index >= 15 is 0 Å². The molecule has 0 aromatic heterocycles. The zero-order valence-corrected chi connectivity index (χ0v) is 24.9. The lowest BCUT2D eigenvalue weighted by Gasteiger charge is -2.31. The van der Waals surface area contributed by atoms with Gasteiger partial charge in [0.1, 0.15) is 0 Å². The monoisotopic (exact) mass is 631 g/mol. The number of hydrogen-bond donors (Lipinski definition) is 2. The van der Waals surface area contributed by atoms with Gasteiger partial charge in [0.2, 0.25) is 15.9 Å². The van der Waals surface area contributed by atoms with Crippen molar-refractivity contribution in [3.63, 3.8) is 0 Å². The molecule has 4 aromatic rings. The maximum atomic E-state index is 13.1. The first-order valence-corrected chi connectivity index (χ1v) is 16.7. The standard InChI is InChI=1S/C29H27Cl2N3O5S2/c30-23-11-10-22(27(31)17-23)19-40(36,37)34-16-4-7-21(18-34)29(35)32-24-12-14-25(15-13-24)41(38,39)33-28-9-3-6-20-5-1-2-8-26(20)28/h1-3,5-6,8-15,17,21,33H,4,7,16,18-19H2,(H,32,35). The highest BCUT2D eigenvalue weighted by Gasteiger charge is 2.33. The SMILES string of the molecule is O=C(Nc1ccc(S(=O)(=O)Nc2cccc3ccccc23)cc1)C1CCCN(S(=O)(=O)Cc2ccc(Cl)cc2Cl)C1. The smallest absolute Gasteiger partial charge is 0.261 e. The maximum absolute atomic E-state index is 13.1. The second-order valence-corrected chi connectivity index (χ2v) is 14.3. The van der Waals surface area contributed by atoms with E-state index in [-0.39, 0.29) is 28.1 Å². The van der Waals surface area contributed by atoms with Gasteiger partial charge in [0.25, 0.3) is 10.0 Å². The molecule has 1 saturated heterocycles. The number of amides is 1. The zero-order valence-electron chi connectivity index (χ0n) is 21.8. The summed E-state index contributed by atoms with van der Waals surface area (Å²) in [5.41, 5.74) is 1.32. The Balaban J connectivity index is 1.23. The van der Waals surface area contributed by atoms with E-state index in [9.17, 15) is 21.6 Å². The first kappa shape index (κ1) is 29.3. The number of carbonyl (C=O) groups is 1. The van der Waals surface area contributed by atoms with Crippen LogP contribution in [0.2, 0.25) is 10.0 Å². The Morgan fingerprint density at radius 1 is 0.902 bits per heavy atom. The van der Waals surface area contributed by atoms with Gasteiger partial charge in [-0.15, -0.1) is 0 Å². The first-order chi connectivity index (χ1) is 19.5. The van der Waals surface area contributed by atoms with Gasteiger partial charge < -0.3 is 5.32 Å². The van der Waals surface area contributed by atoms with Crippen LogP contribution in [0, 0.1) is 5.92 Å². The lowest BCUT2D eigenvalue weighted by Crippen LogP contribution is -2.44. The number of sulfonamides is 2. The van der Waals surface area contributed by atoms with Crippen molar-refractivity contribution in [1.29, 1.82) is 0 Å². The number of anilines is 2. The molecule has 0 spiro atoms. The van der Waals surface area contributed by atoms with Crippen LogP contribution in [-0.2, 0) is 30.6 Å². The molecule has 5 rings (SSSR count). The second-order valence-electron chi connectivity index (χ2n) is 9.83. The molecule has 214 valence electrons. The Kier molecular flexibility index (Phi) is 8.58. The van der Waals surface area contributed by atoms with Crippen molar-refractivity contribution < 1.29 is 21.6 Å². The summed E-state index contributed by atoms with van der Waals surface area (Å²) in [4.78, 5) is 13.1. The van der Waals surface area contributed by atoms with Crippen LogP contribution in [0.1, 0.15) is 18.4 Å². The van der Waals surface area contributed by atoms with E-state index in [1.807, 2.05) is 30.3 Å². The predicted octanol–water partition coefficient (Wildman–Crippen LogP) is 6.13. The number of fused-ring (bicyclic) bond motifs is 1. The minimum Gasteiger partial charge on any atom is -0.326 e. The van der Waals surface area contributed by atoms with Gasteiger partial charge in [-0.25, -0.2) is 21.1 Å². The van der Waals surface area contributed by atoms with Crippen molar-refractivity contribution in [2.24, 2.45) is 5.92 Å². The van der Waals surface area contributed by atoms with Crippen molar-refractivity contribution in [3.05, 3.63) is 101 Å². The van der Waals surface area contributed by atoms with E-state index in [1.165, 1.54) is 34.6 Å². The summed E-state index contributed by atoms with van der Waals surface area (Å²) in [5.74, 6) is -1.19. The van der Waals surface area contributed by atoms with Crippen LogP contribution in [0.5, 0.6) is 0 Å². The van der Waals surface area contributed by atoms with Crippen molar-refractivity contribution in [2.75, 3.05) is 23.1 Å². The fourth-order valence-electron chi connectivity index (χ4n) is 4.82. The number of benzene rings is 4. The van der Waals surface area contributed by atoms with Crippen LogP contribution < -0.4 is 10.0 Å². The summed E-state index contributed by atoms with van der Waals surface area (Å²) in [5, 5.41) is 5.16. The molecule has 2 N–H and O–H groups in total. The third-order valence-corrected chi connectivity index (χ3v) is 10.7. The second kappa shape index (κ2) is 12.0. The van der Waals surface area contributed by atoms with Gasteiger partial charge in [-0.2, -0.15) is 0 Å². The van der Waals surface area contributed by atoms with E-state index in [2.05, 4.69) is 10.0 Å². The van der Waals surface area contributed by atoms with E-state index < -0.39 is 26.0 Å². The molecule has 0 radical (unpaired) electrons. The minimum atomic E-state index is -3.88. The normalized spacial score (nSPS) is 16.4. The molecular weight excluding hydrogens is 605 g/mol. The Hall–Kier alpha value is -3.15. The van der Waals surface area contributed by atoms with E-state index in [0.717, 1.165) is 10.8 Å². The molecule has 1 amide bonds. The third kappa shape index (κ3) is 6.85. The molecular formula is C29H27Cl2N3O5S2. The first-order valence-electron chi connectivity index (χ1n) is 12.9. The van der Waals surface area contributed by atoms with E-state index in [1.54, 1.807) is 24.3 Å². The van der Waals surface area contributed by atoms with Gasteiger partial charge in [0.05, 0.1) is 22.3 Å². The minimum absolute atomic E-state index is 0.0410. The lowest BCUT2D eigenvalue weighted by molar-refractivity contribution is -0.120. The fraction of sp³-hybridized carbons (Fsp3) is 0.207. The molecule has 0 bridgehead atoms. The van der Waals surface area contributed by atoms with Crippen molar-refractivity contribution in [1.82, 2.24) is 4.31 Å². The molecule has 4 aromatic carbocycles. The molecule has 8 nitrogen and oxygen atoms in total. The molecule has 1 aliphatic heterocycles. The molecule has 1 heterocycles. The van der Waals surface area contributed by atoms with Crippen LogP contribution in [0.25, 0.3) is 10.8 Å². The largest absolute Gasteiger partial charge is 0.326 e. The molecule has 0 aliphatic carbocycles. The summed E-state index contributed by atoms with van der Waals surface area (Å²) < 4.78 is 56.2. The highest BCUT2D eigenvalue weighted by atomic mass is 35.5. The highest BCUT2D eigenvalue weighted by Crippen LogP contribution is 2.28. The Bertz CT molecular complexity index is 1810. The van der Waals surface area contributed by atoms with Gasteiger partial charge in [0, 0.05) is 34.2 Å². The van der Waals surface area contributed by atoms with Gasteiger partial charge >= 0.3 is 0 Å². The van der Waals surface area contributed by atoms with Crippen LogP contribution in [-0.4, -0.2) is 40.1 Å². The van der Waals surface area contributed by atoms with Crippen LogP contribution in [0.3, 0.4) is 0 Å². The molecule has 1 atom stereocenters. The third-order valence-electron chi connectivity index (χ3n) is 6.97. The summed E-state index contributed by atoms with van der Waals surface area (Å²) in [6.45, 7) is 0.356. The number of piperidine rings is 1.